The van der Waals surface area contributed by atoms with Gasteiger partial charge < -0.3 is 19.8 Å². The fourth-order valence-corrected chi connectivity index (χ4v) is 3.22. The molecule has 0 unspecified atom stereocenters. The minimum Gasteiger partial charge on any atom is -0.494 e. The number of carbonyl (C=O) groups excluding carboxylic acids is 1. The van der Waals surface area contributed by atoms with Gasteiger partial charge in [-0.25, -0.2) is 0 Å². The molecule has 2 N–H and O–H groups in total. The maximum absolute atomic E-state index is 12.5. The molecule has 0 atom stereocenters. The molecule has 0 aliphatic rings. The summed E-state index contributed by atoms with van der Waals surface area (Å²) in [6.45, 7) is 5.23. The first kappa shape index (κ1) is 21.0. The molecule has 6 nitrogen and oxygen atoms in total. The lowest BCUT2D eigenvalue weighted by molar-refractivity contribution is -0.117. The second-order valence-electron chi connectivity index (χ2n) is 6.60. The number of amides is 1. The van der Waals surface area contributed by atoms with Crippen molar-refractivity contribution in [1.29, 1.82) is 5.26 Å². The third kappa shape index (κ3) is 5.00. The Morgan fingerprint density at radius 3 is 2.73 bits per heavy atom. The highest BCUT2D eigenvalue weighted by molar-refractivity contribution is 6.02. The first-order valence-electron chi connectivity index (χ1n) is 10.0. The molecule has 0 aliphatic heterocycles. The number of benzene rings is 2. The quantitative estimate of drug-likeness (QED) is 0.413. The van der Waals surface area contributed by atoms with E-state index in [0.29, 0.717) is 43.2 Å². The summed E-state index contributed by atoms with van der Waals surface area (Å²) in [6.07, 6.45) is 4.16. The van der Waals surface area contributed by atoms with Crippen molar-refractivity contribution in [3.63, 3.8) is 0 Å². The lowest BCUT2D eigenvalue weighted by Gasteiger charge is -2.11. The lowest BCUT2D eigenvalue weighted by Crippen LogP contribution is -2.26. The molecule has 0 spiro atoms. The first-order valence-corrected chi connectivity index (χ1v) is 10.0. The number of nitrogens with zero attached hydrogens (tertiary/aromatic N) is 1. The van der Waals surface area contributed by atoms with E-state index in [1.807, 2.05) is 50.4 Å². The second kappa shape index (κ2) is 10.2. The van der Waals surface area contributed by atoms with E-state index in [0.717, 1.165) is 16.5 Å². The molecule has 0 fully saturated rings. The molecule has 0 bridgehead atoms. The van der Waals surface area contributed by atoms with Gasteiger partial charge in [-0.05, 0) is 50.1 Å². The largest absolute Gasteiger partial charge is 0.494 e. The van der Waals surface area contributed by atoms with E-state index in [-0.39, 0.29) is 5.57 Å². The van der Waals surface area contributed by atoms with Gasteiger partial charge in [0.1, 0.15) is 23.1 Å². The Bertz CT molecular complexity index is 1090. The van der Waals surface area contributed by atoms with Crippen molar-refractivity contribution in [2.75, 3.05) is 19.8 Å². The van der Waals surface area contributed by atoms with Crippen LogP contribution in [0.5, 0.6) is 11.5 Å². The molecule has 0 radical (unpaired) electrons. The number of fused-ring (bicyclic) bond motifs is 1. The third-order valence-corrected chi connectivity index (χ3v) is 4.62. The van der Waals surface area contributed by atoms with Crippen LogP contribution in [0.4, 0.5) is 0 Å². The summed E-state index contributed by atoms with van der Waals surface area (Å²) in [4.78, 5) is 15.8. The van der Waals surface area contributed by atoms with Crippen molar-refractivity contribution in [2.24, 2.45) is 0 Å². The van der Waals surface area contributed by atoms with Gasteiger partial charge in [0.05, 0.1) is 13.2 Å². The summed E-state index contributed by atoms with van der Waals surface area (Å²) in [6, 6.07) is 15.4. The van der Waals surface area contributed by atoms with E-state index >= 15 is 0 Å². The van der Waals surface area contributed by atoms with Crippen LogP contribution in [-0.2, 0) is 11.2 Å². The van der Waals surface area contributed by atoms with Gasteiger partial charge in [-0.15, -0.1) is 0 Å². The number of para-hydroxylation sites is 1. The van der Waals surface area contributed by atoms with Crippen LogP contribution in [0.25, 0.3) is 17.0 Å². The fraction of sp³-hybridized carbons (Fsp3) is 0.250. The zero-order chi connectivity index (χ0) is 21.3. The molecule has 0 saturated heterocycles. The summed E-state index contributed by atoms with van der Waals surface area (Å²) in [7, 11) is 0. The van der Waals surface area contributed by atoms with Crippen molar-refractivity contribution in [2.45, 2.75) is 20.3 Å². The van der Waals surface area contributed by atoms with Gasteiger partial charge in [0, 0.05) is 35.3 Å². The minimum atomic E-state index is -0.409. The maximum atomic E-state index is 12.5. The number of nitrogens with one attached hydrogen (secondary N) is 2. The van der Waals surface area contributed by atoms with Crippen LogP contribution in [-0.4, -0.2) is 30.6 Å². The van der Waals surface area contributed by atoms with Crippen LogP contribution >= 0.6 is 0 Å². The number of ether oxygens (including phenoxy) is 2. The molecule has 0 saturated carbocycles. The van der Waals surface area contributed by atoms with Crippen LogP contribution in [0.15, 0.2) is 54.2 Å². The average molecular weight is 403 g/mol. The second-order valence-corrected chi connectivity index (χ2v) is 6.60. The van der Waals surface area contributed by atoms with Gasteiger partial charge >= 0.3 is 0 Å². The van der Waals surface area contributed by atoms with Crippen molar-refractivity contribution >= 4 is 22.9 Å². The van der Waals surface area contributed by atoms with E-state index in [2.05, 4.69) is 10.3 Å². The molecule has 1 heterocycles. The highest BCUT2D eigenvalue weighted by atomic mass is 16.5. The van der Waals surface area contributed by atoms with Crippen molar-refractivity contribution < 1.29 is 14.3 Å². The summed E-state index contributed by atoms with van der Waals surface area (Å²) in [5, 5.41) is 13.5. The summed E-state index contributed by atoms with van der Waals surface area (Å²) < 4.78 is 11.1. The Morgan fingerprint density at radius 2 is 1.97 bits per heavy atom. The van der Waals surface area contributed by atoms with Crippen LogP contribution in [0.2, 0.25) is 0 Å². The summed E-state index contributed by atoms with van der Waals surface area (Å²) in [5.41, 5.74) is 2.87. The zero-order valence-corrected chi connectivity index (χ0v) is 17.2. The minimum absolute atomic E-state index is 0.0269. The topological polar surface area (TPSA) is 87.1 Å². The number of hydrogen-bond acceptors (Lipinski definition) is 4. The standard InChI is InChI=1S/C24H25N3O3/c1-3-29-20-10-9-17(23(14-20)30-4-2)13-19(15-25)24(28)26-12-11-18-16-27-22-8-6-5-7-21(18)22/h5-10,13-14,16,27H,3-4,11-12H2,1-2H3,(H,26,28)/b19-13-. The molecule has 0 aliphatic carbocycles. The molecular weight excluding hydrogens is 378 g/mol. The molecule has 2 aromatic carbocycles. The zero-order valence-electron chi connectivity index (χ0n) is 17.2. The Hall–Kier alpha value is -3.72. The average Bonchev–Trinajstić information content (AvgIpc) is 3.17. The predicted molar refractivity (Wildman–Crippen MR) is 117 cm³/mol. The van der Waals surface area contributed by atoms with Crippen LogP contribution in [0, 0.1) is 11.3 Å². The number of nitriles is 1. The molecular formula is C24H25N3O3. The SMILES string of the molecule is CCOc1ccc(/C=C(/C#N)C(=O)NCCc2c[nH]c3ccccc23)c(OCC)c1. The summed E-state index contributed by atoms with van der Waals surface area (Å²) in [5.74, 6) is 0.844. The van der Waals surface area contributed by atoms with E-state index in [1.165, 1.54) is 0 Å². The van der Waals surface area contributed by atoms with Crippen LogP contribution in [0.3, 0.4) is 0 Å². The predicted octanol–water partition coefficient (Wildman–Crippen LogP) is 4.23. The van der Waals surface area contributed by atoms with Crippen molar-refractivity contribution in [3.8, 4) is 17.6 Å². The van der Waals surface area contributed by atoms with Gasteiger partial charge in [0.25, 0.3) is 5.91 Å². The number of H-pyrrole nitrogens is 1. The van der Waals surface area contributed by atoms with Crippen LogP contribution < -0.4 is 14.8 Å². The molecule has 1 aromatic heterocycles. The van der Waals surface area contributed by atoms with E-state index in [1.54, 1.807) is 24.3 Å². The smallest absolute Gasteiger partial charge is 0.261 e. The number of aromatic amines is 1. The number of rotatable bonds is 9. The first-order chi connectivity index (χ1) is 14.7. The van der Waals surface area contributed by atoms with E-state index in [4.69, 9.17) is 9.47 Å². The van der Waals surface area contributed by atoms with Crippen molar-refractivity contribution in [3.05, 3.63) is 65.4 Å². The van der Waals surface area contributed by atoms with Gasteiger partial charge in [-0.3, -0.25) is 4.79 Å². The fourth-order valence-electron chi connectivity index (χ4n) is 3.22. The lowest BCUT2D eigenvalue weighted by atomic mass is 10.1. The Labute approximate surface area is 176 Å². The highest BCUT2D eigenvalue weighted by Crippen LogP contribution is 2.27. The molecule has 1 amide bonds. The van der Waals surface area contributed by atoms with Crippen molar-refractivity contribution in [1.82, 2.24) is 10.3 Å². The highest BCUT2D eigenvalue weighted by Gasteiger charge is 2.12. The Morgan fingerprint density at radius 1 is 1.17 bits per heavy atom. The number of carbonyl (C=O) groups is 1. The summed E-state index contributed by atoms with van der Waals surface area (Å²) >= 11 is 0. The van der Waals surface area contributed by atoms with Crippen LogP contribution in [0.1, 0.15) is 25.0 Å². The Kier molecular flexibility index (Phi) is 7.12. The van der Waals surface area contributed by atoms with E-state index in [9.17, 15) is 10.1 Å². The normalized spacial score (nSPS) is 11.2. The Balaban J connectivity index is 1.69. The maximum Gasteiger partial charge on any atom is 0.261 e. The molecule has 30 heavy (non-hydrogen) atoms. The molecule has 3 rings (SSSR count). The number of hydrogen-bond donors (Lipinski definition) is 2. The van der Waals surface area contributed by atoms with Gasteiger partial charge in [0.15, 0.2) is 0 Å². The van der Waals surface area contributed by atoms with E-state index < -0.39 is 5.91 Å². The molecule has 154 valence electrons. The third-order valence-electron chi connectivity index (χ3n) is 4.62. The molecule has 3 aromatic rings. The molecule has 6 heteroatoms. The van der Waals surface area contributed by atoms with Gasteiger partial charge in [-0.1, -0.05) is 18.2 Å². The number of aromatic nitrogens is 1. The monoisotopic (exact) mass is 403 g/mol. The van der Waals surface area contributed by atoms with Gasteiger partial charge in [-0.2, -0.15) is 5.26 Å². The van der Waals surface area contributed by atoms with Gasteiger partial charge in [0.2, 0.25) is 0 Å².